The van der Waals surface area contributed by atoms with Crippen molar-refractivity contribution < 1.29 is 4.42 Å². The fourth-order valence-corrected chi connectivity index (χ4v) is 9.37. The molecule has 0 aliphatic heterocycles. The third-order valence-corrected chi connectivity index (χ3v) is 12.4. The van der Waals surface area contributed by atoms with Gasteiger partial charge in [-0.1, -0.05) is 178 Å². The zero-order valence-corrected chi connectivity index (χ0v) is 33.0. The predicted molar refractivity (Wildman–Crippen MR) is 245 cm³/mol. The molecule has 0 spiro atoms. The summed E-state index contributed by atoms with van der Waals surface area (Å²) in [6.45, 7) is 4.60. The van der Waals surface area contributed by atoms with Crippen LogP contribution in [0.15, 0.2) is 186 Å². The number of furan rings is 1. The number of hydrogen-bond donors (Lipinski definition) is 0. The first-order valence-electron chi connectivity index (χ1n) is 20.4. The van der Waals surface area contributed by atoms with Crippen LogP contribution < -0.4 is 0 Å². The summed E-state index contributed by atoms with van der Waals surface area (Å²) < 4.78 is 6.60. The molecule has 0 N–H and O–H groups in total. The van der Waals surface area contributed by atoms with E-state index in [-0.39, 0.29) is 5.41 Å². The highest BCUT2D eigenvalue weighted by Gasteiger charge is 2.35. The predicted octanol–water partition coefficient (Wildman–Crippen LogP) is 14.1. The Labute approximate surface area is 346 Å². The lowest BCUT2D eigenvalue weighted by Gasteiger charge is -2.21. The molecule has 8 aromatic carbocycles. The zero-order valence-electron chi connectivity index (χ0n) is 33.0. The largest absolute Gasteiger partial charge is 0.454 e. The Morgan fingerprint density at radius 3 is 1.70 bits per heavy atom. The molecule has 0 amide bonds. The average molecular weight is 769 g/mol. The van der Waals surface area contributed by atoms with Gasteiger partial charge in [-0.2, -0.15) is 0 Å². The fraction of sp³-hybridized carbons (Fsp3) is 0.0545. The Morgan fingerprint density at radius 1 is 0.383 bits per heavy atom. The molecule has 5 heteroatoms. The lowest BCUT2D eigenvalue weighted by Crippen LogP contribution is -2.15. The van der Waals surface area contributed by atoms with E-state index in [1.54, 1.807) is 0 Å². The van der Waals surface area contributed by atoms with Crippen molar-refractivity contribution in [2.24, 2.45) is 0 Å². The van der Waals surface area contributed by atoms with Gasteiger partial charge in [-0.05, 0) is 62.4 Å². The standard InChI is InChI=1S/C55H36N4O/c1-55(2)45-21-11-8-18-40(45)41-29-28-36(32-46(41)55)54-58-52(34-14-4-3-5-15-34)57-53(59-54)35-26-24-33(25-27-35)37-30-31-42(39-17-7-6-16-38(37)39)50-51-49(43-19-9-12-22-47(43)56-50)44-20-10-13-23-48(44)60-51/h3-32H,1-2H3. The van der Waals surface area contributed by atoms with Crippen LogP contribution in [0.3, 0.4) is 0 Å². The van der Waals surface area contributed by atoms with Crippen LogP contribution in [0, 0.1) is 0 Å². The van der Waals surface area contributed by atoms with Gasteiger partial charge in [0.25, 0.3) is 0 Å². The highest BCUT2D eigenvalue weighted by atomic mass is 16.3. The summed E-state index contributed by atoms with van der Waals surface area (Å²) in [5, 5.41) is 5.52. The number of nitrogens with zero attached hydrogens (tertiary/aromatic N) is 4. The second kappa shape index (κ2) is 13.1. The van der Waals surface area contributed by atoms with Crippen LogP contribution >= 0.6 is 0 Å². The molecule has 5 nitrogen and oxygen atoms in total. The summed E-state index contributed by atoms with van der Waals surface area (Å²) in [7, 11) is 0. The van der Waals surface area contributed by atoms with Crippen LogP contribution in [-0.4, -0.2) is 19.9 Å². The Hall–Kier alpha value is -7.76. The SMILES string of the molecule is CC1(C)c2ccccc2-c2ccc(-c3nc(-c4ccccc4)nc(-c4ccc(-c5ccc(-c6nc7ccccc7c7c6oc6ccccc67)c6ccccc56)cc4)n3)cc21. The average Bonchev–Trinajstić information content (AvgIpc) is 3.81. The minimum atomic E-state index is -0.135. The Balaban J connectivity index is 0.962. The van der Waals surface area contributed by atoms with Gasteiger partial charge in [0.1, 0.15) is 11.3 Å². The van der Waals surface area contributed by atoms with Gasteiger partial charge in [0.05, 0.1) is 5.52 Å². The van der Waals surface area contributed by atoms with E-state index in [9.17, 15) is 0 Å². The monoisotopic (exact) mass is 768 g/mol. The van der Waals surface area contributed by atoms with Crippen molar-refractivity contribution in [3.63, 3.8) is 0 Å². The van der Waals surface area contributed by atoms with Crippen LogP contribution in [0.4, 0.5) is 0 Å². The van der Waals surface area contributed by atoms with Gasteiger partial charge in [-0.15, -0.1) is 0 Å². The molecule has 0 unspecified atom stereocenters. The van der Waals surface area contributed by atoms with Crippen molar-refractivity contribution in [2.45, 2.75) is 19.3 Å². The van der Waals surface area contributed by atoms with Crippen molar-refractivity contribution in [3.05, 3.63) is 193 Å². The summed E-state index contributed by atoms with van der Waals surface area (Å²) >= 11 is 0. The maximum absolute atomic E-state index is 6.60. The van der Waals surface area contributed by atoms with Gasteiger partial charge in [-0.3, -0.25) is 0 Å². The lowest BCUT2D eigenvalue weighted by molar-refractivity contribution is 0.660. The topological polar surface area (TPSA) is 64.7 Å². The second-order valence-electron chi connectivity index (χ2n) is 16.2. The summed E-state index contributed by atoms with van der Waals surface area (Å²) in [6.07, 6.45) is 0. The summed E-state index contributed by atoms with van der Waals surface area (Å²) in [5.41, 5.74) is 14.6. The Morgan fingerprint density at radius 2 is 0.917 bits per heavy atom. The maximum atomic E-state index is 6.60. The second-order valence-corrected chi connectivity index (χ2v) is 16.2. The van der Waals surface area contributed by atoms with Gasteiger partial charge in [0.2, 0.25) is 0 Å². The van der Waals surface area contributed by atoms with Gasteiger partial charge < -0.3 is 4.42 Å². The van der Waals surface area contributed by atoms with Crippen molar-refractivity contribution in [2.75, 3.05) is 0 Å². The van der Waals surface area contributed by atoms with Crippen molar-refractivity contribution in [1.29, 1.82) is 0 Å². The minimum Gasteiger partial charge on any atom is -0.454 e. The first-order chi connectivity index (χ1) is 29.5. The minimum absolute atomic E-state index is 0.135. The van der Waals surface area contributed by atoms with E-state index in [2.05, 4.69) is 159 Å². The molecule has 0 saturated heterocycles. The van der Waals surface area contributed by atoms with E-state index in [0.717, 1.165) is 82.7 Å². The van der Waals surface area contributed by atoms with Crippen LogP contribution in [0.1, 0.15) is 25.0 Å². The first kappa shape index (κ1) is 34.3. The fourth-order valence-electron chi connectivity index (χ4n) is 9.37. The van der Waals surface area contributed by atoms with Crippen molar-refractivity contribution >= 4 is 43.6 Å². The Kier molecular flexibility index (Phi) is 7.51. The number of rotatable bonds is 5. The summed E-state index contributed by atoms with van der Waals surface area (Å²) in [6, 6.07) is 63.7. The molecule has 0 fully saturated rings. The third kappa shape index (κ3) is 5.26. The molecule has 0 atom stereocenters. The van der Waals surface area contributed by atoms with E-state index < -0.39 is 0 Å². The number of fused-ring (bicyclic) bond motifs is 9. The van der Waals surface area contributed by atoms with E-state index >= 15 is 0 Å². The first-order valence-corrected chi connectivity index (χ1v) is 20.4. The van der Waals surface area contributed by atoms with E-state index in [1.807, 2.05) is 36.4 Å². The molecular formula is C55H36N4O. The molecular weight excluding hydrogens is 733 g/mol. The molecule has 0 saturated carbocycles. The molecule has 3 heterocycles. The molecule has 60 heavy (non-hydrogen) atoms. The van der Waals surface area contributed by atoms with Crippen molar-refractivity contribution in [1.82, 2.24) is 19.9 Å². The van der Waals surface area contributed by atoms with Gasteiger partial charge in [0, 0.05) is 43.8 Å². The van der Waals surface area contributed by atoms with E-state index in [1.165, 1.54) is 22.3 Å². The van der Waals surface area contributed by atoms with E-state index in [4.69, 9.17) is 24.4 Å². The molecule has 0 bridgehead atoms. The van der Waals surface area contributed by atoms with Crippen LogP contribution in [0.25, 0.3) is 111 Å². The Bertz CT molecular complexity index is 3510. The molecule has 0 radical (unpaired) electrons. The van der Waals surface area contributed by atoms with Crippen LogP contribution in [-0.2, 0) is 5.41 Å². The number of benzene rings is 8. The third-order valence-electron chi connectivity index (χ3n) is 12.4. The molecule has 282 valence electrons. The van der Waals surface area contributed by atoms with Crippen LogP contribution in [0.2, 0.25) is 0 Å². The van der Waals surface area contributed by atoms with E-state index in [0.29, 0.717) is 17.5 Å². The zero-order chi connectivity index (χ0) is 40.0. The molecule has 3 aromatic heterocycles. The molecule has 12 rings (SSSR count). The number of hydrogen-bond acceptors (Lipinski definition) is 5. The van der Waals surface area contributed by atoms with Gasteiger partial charge in [-0.25, -0.2) is 19.9 Å². The van der Waals surface area contributed by atoms with Gasteiger partial charge >= 0.3 is 0 Å². The molecule has 11 aromatic rings. The normalized spacial score (nSPS) is 13.0. The number of pyridine rings is 1. The summed E-state index contributed by atoms with van der Waals surface area (Å²) in [4.78, 5) is 20.5. The van der Waals surface area contributed by atoms with Crippen molar-refractivity contribution in [3.8, 4) is 67.7 Å². The molecule has 1 aliphatic carbocycles. The number of aromatic nitrogens is 4. The highest BCUT2D eigenvalue weighted by molar-refractivity contribution is 6.22. The highest BCUT2D eigenvalue weighted by Crippen LogP contribution is 2.49. The lowest BCUT2D eigenvalue weighted by atomic mass is 9.82. The quantitative estimate of drug-likeness (QED) is 0.174. The van der Waals surface area contributed by atoms with Crippen LogP contribution in [0.5, 0.6) is 0 Å². The maximum Gasteiger partial charge on any atom is 0.164 e. The number of para-hydroxylation sites is 2. The molecule has 1 aliphatic rings. The van der Waals surface area contributed by atoms with Gasteiger partial charge in [0.15, 0.2) is 23.1 Å². The summed E-state index contributed by atoms with van der Waals surface area (Å²) in [5.74, 6) is 1.93. The smallest absolute Gasteiger partial charge is 0.164 e.